The monoisotopic (exact) mass is 476 g/mol. The van der Waals surface area contributed by atoms with Crippen molar-refractivity contribution >= 4 is 11.8 Å². The maximum absolute atomic E-state index is 13.4. The lowest BCUT2D eigenvalue weighted by atomic mass is 10.0. The Morgan fingerprint density at radius 3 is 2.49 bits per heavy atom. The third kappa shape index (κ3) is 5.38. The maximum Gasteiger partial charge on any atom is 0.268 e. The SMILES string of the molecule is CCC(NC(=O)c1cc(C(=O)NC(CC)c2cccc(OC)n2)n2c1COCC2)c1ccccc1. The van der Waals surface area contributed by atoms with Gasteiger partial charge < -0.3 is 24.7 Å². The highest BCUT2D eigenvalue weighted by molar-refractivity contribution is 6.01. The van der Waals surface area contributed by atoms with Crippen molar-refractivity contribution in [2.75, 3.05) is 13.7 Å². The van der Waals surface area contributed by atoms with E-state index in [2.05, 4.69) is 15.6 Å². The molecule has 1 aromatic carbocycles. The largest absolute Gasteiger partial charge is 0.481 e. The molecular weight excluding hydrogens is 444 g/mol. The molecule has 2 amide bonds. The fraction of sp³-hybridized carbons (Fsp3) is 0.370. The smallest absolute Gasteiger partial charge is 0.268 e. The van der Waals surface area contributed by atoms with Crippen molar-refractivity contribution in [2.24, 2.45) is 0 Å². The molecule has 8 heteroatoms. The highest BCUT2D eigenvalue weighted by Gasteiger charge is 2.28. The summed E-state index contributed by atoms with van der Waals surface area (Å²) < 4.78 is 12.8. The molecule has 0 radical (unpaired) electrons. The Bertz CT molecular complexity index is 1180. The fourth-order valence-electron chi connectivity index (χ4n) is 4.41. The molecule has 0 saturated carbocycles. The zero-order valence-corrected chi connectivity index (χ0v) is 20.4. The predicted octanol–water partition coefficient (Wildman–Crippen LogP) is 4.18. The Morgan fingerprint density at radius 1 is 1.03 bits per heavy atom. The molecule has 4 rings (SSSR count). The van der Waals surface area contributed by atoms with Gasteiger partial charge in [0.15, 0.2) is 0 Å². The zero-order chi connectivity index (χ0) is 24.8. The van der Waals surface area contributed by atoms with Crippen LogP contribution >= 0.6 is 0 Å². The van der Waals surface area contributed by atoms with Crippen LogP contribution in [0, 0.1) is 0 Å². The average Bonchev–Trinajstić information content (AvgIpc) is 3.30. The third-order valence-electron chi connectivity index (χ3n) is 6.32. The molecule has 3 aromatic rings. The van der Waals surface area contributed by atoms with Crippen molar-refractivity contribution in [2.45, 2.75) is 51.9 Å². The quantitative estimate of drug-likeness (QED) is 0.483. The molecule has 0 bridgehead atoms. The van der Waals surface area contributed by atoms with Crippen LogP contribution in [0.5, 0.6) is 5.88 Å². The lowest BCUT2D eigenvalue weighted by Crippen LogP contribution is -2.32. The topological polar surface area (TPSA) is 94.5 Å². The van der Waals surface area contributed by atoms with Crippen LogP contribution in [0.25, 0.3) is 0 Å². The van der Waals surface area contributed by atoms with E-state index in [4.69, 9.17) is 9.47 Å². The van der Waals surface area contributed by atoms with Crippen molar-refractivity contribution in [3.05, 3.63) is 82.8 Å². The van der Waals surface area contributed by atoms with Gasteiger partial charge in [-0.1, -0.05) is 50.2 Å². The number of nitrogens with one attached hydrogen (secondary N) is 2. The van der Waals surface area contributed by atoms with Crippen LogP contribution in [0.2, 0.25) is 0 Å². The number of hydrogen-bond donors (Lipinski definition) is 2. The first-order valence-corrected chi connectivity index (χ1v) is 12.0. The Kier molecular flexibility index (Phi) is 7.82. The van der Waals surface area contributed by atoms with Crippen molar-refractivity contribution < 1.29 is 19.1 Å². The summed E-state index contributed by atoms with van der Waals surface area (Å²) in [5.41, 5.74) is 3.40. The average molecular weight is 477 g/mol. The number of pyridine rings is 1. The number of hydrogen-bond acceptors (Lipinski definition) is 5. The molecule has 0 saturated heterocycles. The van der Waals surface area contributed by atoms with E-state index in [0.717, 1.165) is 23.4 Å². The number of carbonyl (C=O) groups excluding carboxylic acids is 2. The second kappa shape index (κ2) is 11.2. The van der Waals surface area contributed by atoms with Gasteiger partial charge in [-0.15, -0.1) is 0 Å². The van der Waals surface area contributed by atoms with Gasteiger partial charge in [0.05, 0.1) is 49.4 Å². The molecule has 8 nitrogen and oxygen atoms in total. The van der Waals surface area contributed by atoms with Crippen LogP contribution in [0.3, 0.4) is 0 Å². The van der Waals surface area contributed by atoms with Gasteiger partial charge in [-0.2, -0.15) is 0 Å². The number of benzene rings is 1. The first-order valence-electron chi connectivity index (χ1n) is 12.0. The predicted molar refractivity (Wildman–Crippen MR) is 132 cm³/mol. The minimum Gasteiger partial charge on any atom is -0.481 e. The standard InChI is InChI=1S/C27H32N4O4/c1-4-20(18-10-7-6-8-11-18)29-26(32)19-16-23(31-14-15-35-17-24(19)31)27(33)30-21(5-2)22-12-9-13-25(28-22)34-3/h6-13,16,20-21H,4-5,14-15,17H2,1-3H3,(H,29,32)(H,30,33). The number of amides is 2. The van der Waals surface area contributed by atoms with Crippen LogP contribution in [-0.4, -0.2) is 35.1 Å². The first kappa shape index (κ1) is 24.5. The molecule has 0 aliphatic carbocycles. The zero-order valence-electron chi connectivity index (χ0n) is 20.4. The summed E-state index contributed by atoms with van der Waals surface area (Å²) in [6, 6.07) is 16.6. The Morgan fingerprint density at radius 2 is 1.77 bits per heavy atom. The molecule has 0 spiro atoms. The van der Waals surface area contributed by atoms with Gasteiger partial charge in [-0.25, -0.2) is 4.98 Å². The van der Waals surface area contributed by atoms with E-state index in [9.17, 15) is 9.59 Å². The van der Waals surface area contributed by atoms with Gasteiger partial charge in [0.2, 0.25) is 5.88 Å². The number of carbonyl (C=O) groups is 2. The maximum atomic E-state index is 13.4. The molecule has 1 aliphatic heterocycles. The third-order valence-corrected chi connectivity index (χ3v) is 6.32. The normalized spacial score (nSPS) is 14.5. The van der Waals surface area contributed by atoms with E-state index in [1.165, 1.54) is 0 Å². The number of ether oxygens (including phenoxy) is 2. The van der Waals surface area contributed by atoms with E-state index in [-0.39, 0.29) is 30.5 Å². The molecule has 1 aliphatic rings. The second-order valence-electron chi connectivity index (χ2n) is 8.48. The molecule has 2 atom stereocenters. The fourth-order valence-corrected chi connectivity index (χ4v) is 4.41. The minimum absolute atomic E-state index is 0.121. The summed E-state index contributed by atoms with van der Waals surface area (Å²) in [5.74, 6) is 0.0320. The second-order valence-corrected chi connectivity index (χ2v) is 8.48. The molecule has 2 aromatic heterocycles. The van der Waals surface area contributed by atoms with Crippen LogP contribution in [-0.2, 0) is 17.9 Å². The highest BCUT2D eigenvalue weighted by Crippen LogP contribution is 2.25. The van der Waals surface area contributed by atoms with Crippen molar-refractivity contribution in [3.8, 4) is 5.88 Å². The molecule has 184 valence electrons. The molecular formula is C27H32N4O4. The van der Waals surface area contributed by atoms with Gasteiger partial charge >= 0.3 is 0 Å². The summed E-state index contributed by atoms with van der Waals surface area (Å²) in [7, 11) is 1.56. The van der Waals surface area contributed by atoms with Gasteiger partial charge in [0, 0.05) is 12.6 Å². The van der Waals surface area contributed by atoms with Crippen LogP contribution < -0.4 is 15.4 Å². The number of nitrogens with zero attached hydrogens (tertiary/aromatic N) is 2. The lowest BCUT2D eigenvalue weighted by molar-refractivity contribution is 0.0773. The number of rotatable bonds is 9. The molecule has 35 heavy (non-hydrogen) atoms. The molecule has 3 heterocycles. The number of fused-ring (bicyclic) bond motifs is 1. The minimum atomic E-state index is -0.289. The Hall–Kier alpha value is -3.65. The van der Waals surface area contributed by atoms with E-state index >= 15 is 0 Å². The van der Waals surface area contributed by atoms with Gasteiger partial charge in [0.1, 0.15) is 5.69 Å². The number of methoxy groups -OCH3 is 1. The highest BCUT2D eigenvalue weighted by atomic mass is 16.5. The van der Waals surface area contributed by atoms with E-state index in [0.29, 0.717) is 36.7 Å². The summed E-state index contributed by atoms with van der Waals surface area (Å²) in [6.07, 6.45) is 1.41. The van der Waals surface area contributed by atoms with E-state index in [1.54, 1.807) is 19.2 Å². The summed E-state index contributed by atoms with van der Waals surface area (Å²) in [5, 5.41) is 6.21. The van der Waals surface area contributed by atoms with Crippen molar-refractivity contribution in [3.63, 3.8) is 0 Å². The van der Waals surface area contributed by atoms with Crippen LogP contribution in [0.1, 0.15) is 76.6 Å². The van der Waals surface area contributed by atoms with Gasteiger partial charge in [-0.3, -0.25) is 9.59 Å². The Labute approximate surface area is 205 Å². The molecule has 0 fully saturated rings. The summed E-state index contributed by atoms with van der Waals surface area (Å²) in [6.45, 7) is 5.30. The number of aromatic nitrogens is 2. The molecule has 2 N–H and O–H groups in total. The van der Waals surface area contributed by atoms with E-state index < -0.39 is 0 Å². The first-order chi connectivity index (χ1) is 17.0. The van der Waals surface area contributed by atoms with Crippen molar-refractivity contribution in [1.29, 1.82) is 0 Å². The summed E-state index contributed by atoms with van der Waals surface area (Å²) >= 11 is 0. The molecule has 2 unspecified atom stereocenters. The van der Waals surface area contributed by atoms with E-state index in [1.807, 2.05) is 60.9 Å². The van der Waals surface area contributed by atoms with Gasteiger partial charge in [-0.05, 0) is 30.5 Å². The van der Waals surface area contributed by atoms with Crippen molar-refractivity contribution in [1.82, 2.24) is 20.2 Å². The Balaban J connectivity index is 1.58. The summed E-state index contributed by atoms with van der Waals surface area (Å²) in [4.78, 5) is 31.2. The van der Waals surface area contributed by atoms with Crippen LogP contribution in [0.4, 0.5) is 0 Å². The van der Waals surface area contributed by atoms with Gasteiger partial charge in [0.25, 0.3) is 11.8 Å². The van der Waals surface area contributed by atoms with Crippen LogP contribution in [0.15, 0.2) is 54.6 Å². The lowest BCUT2D eigenvalue weighted by Gasteiger charge is -2.21.